The second-order valence-corrected chi connectivity index (χ2v) is 33.4. The van der Waals surface area contributed by atoms with Crippen molar-refractivity contribution in [1.29, 1.82) is 0 Å². The summed E-state index contributed by atoms with van der Waals surface area (Å²) in [5.74, 6) is 3.13. The molecule has 10 rings (SSSR count). The fraction of sp³-hybridized carbons (Fsp3) is 0.526. The molecule has 0 aromatic carbocycles. The van der Waals surface area contributed by atoms with Gasteiger partial charge in [0.15, 0.2) is 11.7 Å². The Bertz CT molecular complexity index is 2900. The van der Waals surface area contributed by atoms with Crippen LogP contribution in [0, 0.1) is 0 Å². The maximum Gasteiger partial charge on any atom is 0.221 e. The van der Waals surface area contributed by atoms with Crippen molar-refractivity contribution in [3.63, 3.8) is 0 Å². The summed E-state index contributed by atoms with van der Waals surface area (Å²) in [6.07, 6.45) is 27.3. The molecule has 0 saturated carbocycles. The number of rotatable bonds is 0. The fourth-order valence-electron chi connectivity index (χ4n) is 6.67. The molecule has 0 aliphatic carbocycles. The molecule has 0 saturated heterocycles. The van der Waals surface area contributed by atoms with Gasteiger partial charge in [-0.15, -0.1) is 31.7 Å². The lowest BCUT2D eigenvalue weighted by atomic mass is 9.88. The van der Waals surface area contributed by atoms with Crippen molar-refractivity contribution >= 4 is 11.3 Å². The van der Waals surface area contributed by atoms with E-state index < -0.39 is 0 Å². The van der Waals surface area contributed by atoms with Crippen LogP contribution >= 0.6 is 11.3 Å². The minimum Gasteiger partial charge on any atom is -0.448 e. The lowest BCUT2D eigenvalue weighted by molar-refractivity contribution is 0.392. The first-order valence-electron chi connectivity index (χ1n) is 32.3. The highest BCUT2D eigenvalue weighted by Gasteiger charge is 2.22. The second kappa shape index (κ2) is 39.1. The van der Waals surface area contributed by atoms with E-state index in [1.165, 1.54) is 29.5 Å². The molecule has 0 aliphatic rings. The third-order valence-corrected chi connectivity index (χ3v) is 13.7. The summed E-state index contributed by atoms with van der Waals surface area (Å²) in [4.78, 5) is 44.3. The summed E-state index contributed by atoms with van der Waals surface area (Å²) in [6, 6.07) is 18.0. The summed E-state index contributed by atoms with van der Waals surface area (Å²) in [6.45, 7) is 63.6. The Morgan fingerprint density at radius 1 is 0.312 bits per heavy atom. The molecule has 524 valence electrons. The van der Waals surface area contributed by atoms with Crippen LogP contribution in [0.1, 0.15) is 264 Å². The number of oxazole rings is 1. The van der Waals surface area contributed by atoms with E-state index >= 15 is 0 Å². The number of hydrogen-bond acceptors (Lipinski definition) is 20. The summed E-state index contributed by atoms with van der Waals surface area (Å²) in [5.41, 5.74) is 9.04. The molecule has 10 aromatic heterocycles. The largest absolute Gasteiger partial charge is 0.448 e. The maximum atomic E-state index is 5.09. The quantitative estimate of drug-likeness (QED) is 0.137. The first-order chi connectivity index (χ1) is 44.1. The van der Waals surface area contributed by atoms with E-state index in [1.54, 1.807) is 66.7 Å². The zero-order valence-corrected chi connectivity index (χ0v) is 64.6. The third kappa shape index (κ3) is 37.7. The van der Waals surface area contributed by atoms with Crippen LogP contribution in [0.2, 0.25) is 0 Å². The highest BCUT2D eigenvalue weighted by molar-refractivity contribution is 7.09. The van der Waals surface area contributed by atoms with Crippen LogP contribution in [-0.2, 0) is 54.1 Å². The van der Waals surface area contributed by atoms with Gasteiger partial charge in [-0.25, -0.2) is 34.9 Å². The molecule has 0 radical (unpaired) electrons. The van der Waals surface area contributed by atoms with Crippen molar-refractivity contribution in [2.45, 2.75) is 262 Å². The molecule has 0 unspecified atom stereocenters. The Balaban J connectivity index is 0.000000534. The average molecular weight is 1330 g/mol. The van der Waals surface area contributed by atoms with Gasteiger partial charge >= 0.3 is 0 Å². The lowest BCUT2D eigenvalue weighted by Crippen LogP contribution is -2.14. The molecule has 0 N–H and O–H groups in total. The van der Waals surface area contributed by atoms with Crippen LogP contribution < -0.4 is 0 Å². The summed E-state index contributed by atoms with van der Waals surface area (Å²) in [7, 11) is 0. The van der Waals surface area contributed by atoms with Gasteiger partial charge in [0.05, 0.1) is 6.20 Å². The zero-order valence-electron chi connectivity index (χ0n) is 63.8. The molecule has 10 aromatic rings. The molecule has 0 amide bonds. The topological polar surface area (TPSA) is 246 Å². The Labute approximate surface area is 580 Å². The van der Waals surface area contributed by atoms with E-state index in [9.17, 15) is 0 Å². The first kappa shape index (κ1) is 85.8. The zero-order chi connectivity index (χ0) is 73.3. The molecule has 0 spiro atoms. The van der Waals surface area contributed by atoms with E-state index in [0.29, 0.717) is 5.89 Å². The molecular formula is C76H116N16O3S. The molecule has 19 nitrogen and oxygen atoms in total. The van der Waals surface area contributed by atoms with Gasteiger partial charge in [0.2, 0.25) is 18.7 Å². The molecule has 0 bridgehead atoms. The Kier molecular flexibility index (Phi) is 34.9. The van der Waals surface area contributed by atoms with E-state index in [1.807, 2.05) is 109 Å². The number of hydrogen-bond donors (Lipinski definition) is 0. The smallest absolute Gasteiger partial charge is 0.221 e. The molecule has 96 heavy (non-hydrogen) atoms. The molecule has 0 atom stereocenters. The van der Waals surface area contributed by atoms with Gasteiger partial charge in [-0.1, -0.05) is 225 Å². The standard InChI is InChI=1S/3C9H13N.3C8H12N2.C7H11NO.2C6H10N2O.C6H10N2S/c1-9(2,3)8-4-6-10-7-5-8;1-9(2,3)8-5-4-6-10-7-8;1-9(2,3)8-6-4-5-7-10-8;1-8(2,3)7-4-9-6-10-5-7;1-8(2,3)7-4-5-9-6-10-7;1-8(2,3)7-9-5-4-6-10-7;1-7(2,3)6-8-4-5-9-6;1-6(2,3)5-8-7-4-9-5;1-6(2,3)5-7-4-9-8-5;1-6(2,3)5-8-7-4-9-5/h3*4-7H,1-3H3;3*4-6H,1-3H3;4-5H,1-3H3;3*4H,1-3H3. The van der Waals surface area contributed by atoms with E-state index in [4.69, 9.17) is 8.83 Å². The second-order valence-electron chi connectivity index (χ2n) is 32.6. The van der Waals surface area contributed by atoms with Crippen molar-refractivity contribution in [3.05, 3.63) is 216 Å². The predicted octanol–water partition coefficient (Wildman–Crippen LogP) is 19.0. The Morgan fingerprint density at radius 2 is 0.844 bits per heavy atom. The normalized spacial score (nSPS) is 11.6. The summed E-state index contributed by atoms with van der Waals surface area (Å²) >= 11 is 1.61. The van der Waals surface area contributed by atoms with Gasteiger partial charge in [0, 0.05) is 111 Å². The van der Waals surface area contributed by atoms with Gasteiger partial charge in [-0.2, -0.15) is 4.98 Å². The van der Waals surface area contributed by atoms with Crippen LogP contribution in [0.25, 0.3) is 0 Å². The van der Waals surface area contributed by atoms with Gasteiger partial charge in [-0.05, 0) is 75.4 Å². The summed E-state index contributed by atoms with van der Waals surface area (Å²) < 4.78 is 14.6. The fourth-order valence-corrected chi connectivity index (χ4v) is 7.31. The highest BCUT2D eigenvalue weighted by atomic mass is 32.1. The van der Waals surface area contributed by atoms with Crippen molar-refractivity contribution in [1.82, 2.24) is 80.4 Å². The maximum absolute atomic E-state index is 5.09. The lowest BCUT2D eigenvalue weighted by Gasteiger charge is -2.17. The van der Waals surface area contributed by atoms with Crippen LogP contribution in [0.4, 0.5) is 0 Å². The minimum atomic E-state index is -0.0174. The highest BCUT2D eigenvalue weighted by Crippen LogP contribution is 2.25. The molecule has 20 heteroatoms. The van der Waals surface area contributed by atoms with Gasteiger partial charge < -0.3 is 13.4 Å². The van der Waals surface area contributed by atoms with E-state index in [-0.39, 0.29) is 54.1 Å². The summed E-state index contributed by atoms with van der Waals surface area (Å²) in [5, 5.41) is 19.9. The molecule has 0 aliphatic heterocycles. The average Bonchev–Trinajstić information content (AvgIpc) is 2.73. The number of pyridine rings is 3. The van der Waals surface area contributed by atoms with E-state index in [0.717, 1.165) is 33.9 Å². The van der Waals surface area contributed by atoms with Gasteiger partial charge in [0.25, 0.3) is 0 Å². The van der Waals surface area contributed by atoms with Crippen LogP contribution in [-0.4, -0.2) is 80.4 Å². The van der Waals surface area contributed by atoms with Gasteiger partial charge in [0.1, 0.15) is 35.3 Å². The van der Waals surface area contributed by atoms with Crippen LogP contribution in [0.3, 0.4) is 0 Å². The predicted molar refractivity (Wildman–Crippen MR) is 391 cm³/mol. The van der Waals surface area contributed by atoms with Crippen molar-refractivity contribution in [3.8, 4) is 0 Å². The van der Waals surface area contributed by atoms with E-state index in [2.05, 4.69) is 275 Å². The molecule has 10 heterocycles. The van der Waals surface area contributed by atoms with Crippen molar-refractivity contribution in [2.75, 3.05) is 0 Å². The van der Waals surface area contributed by atoms with Crippen molar-refractivity contribution < 1.29 is 13.4 Å². The van der Waals surface area contributed by atoms with Crippen molar-refractivity contribution in [2.24, 2.45) is 0 Å². The van der Waals surface area contributed by atoms with Crippen LogP contribution in [0.15, 0.2) is 173 Å². The Morgan fingerprint density at radius 3 is 1.11 bits per heavy atom. The monoisotopic (exact) mass is 1330 g/mol. The molecule has 0 fully saturated rings. The van der Waals surface area contributed by atoms with Crippen LogP contribution in [0.5, 0.6) is 0 Å². The third-order valence-electron chi connectivity index (χ3n) is 12.6. The first-order valence-corrected chi connectivity index (χ1v) is 33.2. The SMILES string of the molecule is CC(C)(C)c1ccccn1.CC(C)(C)c1cccnc1.CC(C)(C)c1ccncc1.CC(C)(C)c1ccncn1.CC(C)(C)c1cncnc1.CC(C)(C)c1ncccn1.CC(C)(C)c1ncco1.CC(C)(C)c1ncon1.CC(C)(C)c1nnco1.CC(C)(C)c1nncs1. The molecular weight excluding hydrogens is 1220 g/mol. The number of aromatic nitrogens is 16. The minimum absolute atomic E-state index is 0.00694. The Hall–Kier alpha value is -8.26. The van der Waals surface area contributed by atoms with Gasteiger partial charge in [-0.3, -0.25) is 15.0 Å². The number of nitrogens with zero attached hydrogens (tertiary/aromatic N) is 16.